The average molecular weight is 362 g/mol. The second kappa shape index (κ2) is 7.89. The van der Waals surface area contributed by atoms with Crippen LogP contribution in [0.15, 0.2) is 66.7 Å². The van der Waals surface area contributed by atoms with Gasteiger partial charge in [0.1, 0.15) is 5.82 Å². The van der Waals surface area contributed by atoms with Crippen LogP contribution in [0.4, 0.5) is 4.39 Å². The third-order valence-corrected chi connectivity index (χ3v) is 5.12. The summed E-state index contributed by atoms with van der Waals surface area (Å²) in [5, 5.41) is 5.14. The smallest absolute Gasteiger partial charge is 0.224 e. The fourth-order valence-electron chi connectivity index (χ4n) is 3.78. The number of halogens is 1. The van der Waals surface area contributed by atoms with Gasteiger partial charge in [-0.05, 0) is 46.5 Å². The zero-order valence-corrected chi connectivity index (χ0v) is 15.2. The summed E-state index contributed by atoms with van der Waals surface area (Å²) in [6.07, 6.45) is 1.40. The molecular formula is C23H23FN2O. The molecule has 1 aliphatic heterocycles. The maximum absolute atomic E-state index is 13.3. The van der Waals surface area contributed by atoms with Gasteiger partial charge in [0.15, 0.2) is 0 Å². The van der Waals surface area contributed by atoms with Crippen molar-refractivity contribution in [3.63, 3.8) is 0 Å². The van der Waals surface area contributed by atoms with Crippen molar-refractivity contribution in [3.05, 3.63) is 83.7 Å². The number of nitrogens with zero attached hydrogens (tertiary/aromatic N) is 1. The van der Waals surface area contributed by atoms with Gasteiger partial charge in [0, 0.05) is 25.7 Å². The molecule has 3 aromatic rings. The molecule has 1 unspecified atom stereocenters. The van der Waals surface area contributed by atoms with E-state index in [1.54, 1.807) is 6.07 Å². The Balaban J connectivity index is 1.32. The fraction of sp³-hybridized carbons (Fsp3) is 0.261. The first-order valence-electron chi connectivity index (χ1n) is 9.39. The molecule has 0 spiro atoms. The number of nitrogens with one attached hydrogen (secondary N) is 1. The molecule has 1 aliphatic rings. The van der Waals surface area contributed by atoms with E-state index >= 15 is 0 Å². The van der Waals surface area contributed by atoms with E-state index in [4.69, 9.17) is 0 Å². The summed E-state index contributed by atoms with van der Waals surface area (Å²) in [6, 6.07) is 21.1. The van der Waals surface area contributed by atoms with Gasteiger partial charge in [-0.2, -0.15) is 0 Å². The Morgan fingerprint density at radius 1 is 1.00 bits per heavy atom. The van der Waals surface area contributed by atoms with E-state index in [1.807, 2.05) is 42.5 Å². The molecule has 0 aliphatic carbocycles. The van der Waals surface area contributed by atoms with Crippen LogP contribution in [-0.2, 0) is 17.8 Å². The van der Waals surface area contributed by atoms with E-state index in [1.165, 1.54) is 11.6 Å². The molecule has 1 amide bonds. The summed E-state index contributed by atoms with van der Waals surface area (Å²) in [7, 11) is 0. The summed E-state index contributed by atoms with van der Waals surface area (Å²) in [5.74, 6) is -0.121. The Bertz CT molecular complexity index is 942. The Morgan fingerprint density at radius 3 is 2.63 bits per heavy atom. The Hall–Kier alpha value is -2.72. The van der Waals surface area contributed by atoms with Crippen LogP contribution in [0.3, 0.4) is 0 Å². The maximum atomic E-state index is 13.3. The molecule has 138 valence electrons. The molecule has 1 fully saturated rings. The van der Waals surface area contributed by atoms with Crippen molar-refractivity contribution >= 4 is 16.7 Å². The van der Waals surface area contributed by atoms with Crippen molar-refractivity contribution in [1.29, 1.82) is 0 Å². The highest BCUT2D eigenvalue weighted by atomic mass is 19.1. The molecular weight excluding hydrogens is 339 g/mol. The van der Waals surface area contributed by atoms with Crippen molar-refractivity contribution < 1.29 is 9.18 Å². The lowest BCUT2D eigenvalue weighted by molar-refractivity contribution is -0.121. The minimum Gasteiger partial charge on any atom is -0.352 e. The highest BCUT2D eigenvalue weighted by Gasteiger charge is 2.23. The summed E-state index contributed by atoms with van der Waals surface area (Å²) in [6.45, 7) is 2.68. The highest BCUT2D eigenvalue weighted by molar-refractivity contribution is 5.83. The Morgan fingerprint density at radius 2 is 1.78 bits per heavy atom. The van der Waals surface area contributed by atoms with Gasteiger partial charge >= 0.3 is 0 Å². The molecule has 3 nitrogen and oxygen atoms in total. The molecule has 4 rings (SSSR count). The first-order chi connectivity index (χ1) is 13.2. The Kier molecular flexibility index (Phi) is 5.16. The maximum Gasteiger partial charge on any atom is 0.224 e. The van der Waals surface area contributed by atoms with Gasteiger partial charge < -0.3 is 5.32 Å². The standard InChI is InChI=1S/C23H23FN2O/c24-21-9-8-19-12-18(6-7-20(19)14-21)15-26-11-10-22(16-26)25-23(27)13-17-4-2-1-3-5-17/h1-9,12,14,22H,10-11,13,15-16H2,(H,25,27). The molecule has 1 saturated heterocycles. The molecule has 27 heavy (non-hydrogen) atoms. The molecule has 0 radical (unpaired) electrons. The van der Waals surface area contributed by atoms with Gasteiger partial charge in [-0.3, -0.25) is 9.69 Å². The van der Waals surface area contributed by atoms with Gasteiger partial charge in [-0.1, -0.05) is 48.5 Å². The normalized spacial score (nSPS) is 17.3. The highest BCUT2D eigenvalue weighted by Crippen LogP contribution is 2.20. The summed E-state index contributed by atoms with van der Waals surface area (Å²) in [4.78, 5) is 14.6. The number of benzene rings is 3. The number of likely N-dealkylation sites (tertiary alicyclic amines) is 1. The lowest BCUT2D eigenvalue weighted by atomic mass is 10.1. The third kappa shape index (κ3) is 4.52. The molecule has 1 N–H and O–H groups in total. The van der Waals surface area contributed by atoms with Gasteiger partial charge in [0.2, 0.25) is 5.91 Å². The van der Waals surface area contributed by atoms with Crippen LogP contribution in [-0.4, -0.2) is 29.9 Å². The predicted molar refractivity (Wildman–Crippen MR) is 106 cm³/mol. The largest absolute Gasteiger partial charge is 0.352 e. The minimum absolute atomic E-state index is 0.0841. The van der Waals surface area contributed by atoms with E-state index in [-0.39, 0.29) is 17.8 Å². The number of amides is 1. The number of hydrogen-bond acceptors (Lipinski definition) is 2. The molecule has 4 heteroatoms. The van der Waals surface area contributed by atoms with Gasteiger partial charge in [-0.15, -0.1) is 0 Å². The second-order valence-electron chi connectivity index (χ2n) is 7.28. The number of carbonyl (C=O) groups excluding carboxylic acids is 1. The quantitative estimate of drug-likeness (QED) is 0.746. The monoisotopic (exact) mass is 362 g/mol. The number of rotatable bonds is 5. The average Bonchev–Trinajstić information content (AvgIpc) is 3.09. The molecule has 0 aromatic heterocycles. The van der Waals surface area contributed by atoms with Crippen molar-refractivity contribution in [3.8, 4) is 0 Å². The summed E-state index contributed by atoms with van der Waals surface area (Å²) < 4.78 is 13.3. The lowest BCUT2D eigenvalue weighted by Crippen LogP contribution is -2.37. The van der Waals surface area contributed by atoms with E-state index in [0.717, 1.165) is 42.4 Å². The first-order valence-corrected chi connectivity index (χ1v) is 9.39. The topological polar surface area (TPSA) is 32.3 Å². The van der Waals surface area contributed by atoms with Crippen molar-refractivity contribution in [2.75, 3.05) is 13.1 Å². The van der Waals surface area contributed by atoms with Crippen LogP contribution in [0.2, 0.25) is 0 Å². The minimum atomic E-state index is -0.205. The lowest BCUT2D eigenvalue weighted by Gasteiger charge is -2.17. The van der Waals surface area contributed by atoms with Crippen LogP contribution >= 0.6 is 0 Å². The van der Waals surface area contributed by atoms with Crippen molar-refractivity contribution in [1.82, 2.24) is 10.2 Å². The van der Waals surface area contributed by atoms with E-state index < -0.39 is 0 Å². The van der Waals surface area contributed by atoms with Crippen LogP contribution in [0.5, 0.6) is 0 Å². The van der Waals surface area contributed by atoms with Gasteiger partial charge in [0.25, 0.3) is 0 Å². The number of fused-ring (bicyclic) bond motifs is 1. The number of carbonyl (C=O) groups is 1. The number of hydrogen-bond donors (Lipinski definition) is 1. The summed E-state index contributed by atoms with van der Waals surface area (Å²) in [5.41, 5.74) is 2.25. The van der Waals surface area contributed by atoms with Crippen molar-refractivity contribution in [2.24, 2.45) is 0 Å². The molecule has 0 bridgehead atoms. The fourth-order valence-corrected chi connectivity index (χ4v) is 3.78. The van der Waals surface area contributed by atoms with Crippen LogP contribution in [0.1, 0.15) is 17.5 Å². The summed E-state index contributed by atoms with van der Waals surface area (Å²) >= 11 is 0. The zero-order chi connectivity index (χ0) is 18.6. The third-order valence-electron chi connectivity index (χ3n) is 5.12. The van der Waals surface area contributed by atoms with E-state index in [0.29, 0.717) is 6.42 Å². The first kappa shape index (κ1) is 17.7. The Labute approximate surface area is 158 Å². The van der Waals surface area contributed by atoms with Crippen LogP contribution in [0, 0.1) is 5.82 Å². The zero-order valence-electron chi connectivity index (χ0n) is 15.2. The van der Waals surface area contributed by atoms with E-state index in [9.17, 15) is 9.18 Å². The van der Waals surface area contributed by atoms with Crippen LogP contribution < -0.4 is 5.32 Å². The molecule has 1 heterocycles. The van der Waals surface area contributed by atoms with E-state index in [2.05, 4.69) is 22.3 Å². The SMILES string of the molecule is O=C(Cc1ccccc1)NC1CCN(Cc2ccc3cc(F)ccc3c2)C1. The molecule has 3 aromatic carbocycles. The van der Waals surface area contributed by atoms with Gasteiger partial charge in [0.05, 0.1) is 6.42 Å². The molecule has 1 atom stereocenters. The van der Waals surface area contributed by atoms with Gasteiger partial charge in [-0.25, -0.2) is 4.39 Å². The van der Waals surface area contributed by atoms with Crippen LogP contribution in [0.25, 0.3) is 10.8 Å². The second-order valence-corrected chi connectivity index (χ2v) is 7.28. The van der Waals surface area contributed by atoms with Crippen molar-refractivity contribution in [2.45, 2.75) is 25.4 Å². The molecule has 0 saturated carbocycles. The predicted octanol–water partition coefficient (Wildman–Crippen LogP) is 3.91.